The van der Waals surface area contributed by atoms with Gasteiger partial charge in [-0.2, -0.15) is 0 Å². The van der Waals surface area contributed by atoms with Crippen molar-refractivity contribution in [3.8, 4) is 0 Å². The maximum atomic E-state index is 12.3. The number of amides is 1. The average Bonchev–Trinajstić information content (AvgIpc) is 2.49. The van der Waals surface area contributed by atoms with Crippen LogP contribution in [-0.4, -0.2) is 11.2 Å². The van der Waals surface area contributed by atoms with E-state index in [1.54, 1.807) is 11.8 Å². The molecule has 0 aliphatic heterocycles. The van der Waals surface area contributed by atoms with Crippen LogP contribution in [0, 0.1) is 20.8 Å². The fourth-order valence-corrected chi connectivity index (χ4v) is 3.55. The minimum absolute atomic E-state index is 0.0771. The molecule has 1 amide bonds. The van der Waals surface area contributed by atoms with E-state index in [0.29, 0.717) is 6.54 Å². The van der Waals surface area contributed by atoms with Gasteiger partial charge in [-0.05, 0) is 44.4 Å². The molecule has 1 unspecified atom stereocenters. The summed E-state index contributed by atoms with van der Waals surface area (Å²) >= 11 is 1.64. The van der Waals surface area contributed by atoms with Crippen LogP contribution in [0.25, 0.3) is 0 Å². The molecule has 2 nitrogen and oxygen atoms in total. The molecule has 2 rings (SSSR count). The molecule has 2 aromatic carbocycles. The Kier molecular flexibility index (Phi) is 5.67. The first-order chi connectivity index (χ1) is 10.5. The number of hydrogen-bond acceptors (Lipinski definition) is 2. The lowest BCUT2D eigenvalue weighted by Crippen LogP contribution is -2.30. The van der Waals surface area contributed by atoms with Gasteiger partial charge in [-0.3, -0.25) is 4.79 Å². The fraction of sp³-hybridized carbons (Fsp3) is 0.316. The SMILES string of the molecule is Cc1cc(C)c(SC(C)C(=O)NCc2ccccc2)c(C)c1. The van der Waals surface area contributed by atoms with Crippen LogP contribution in [0.4, 0.5) is 0 Å². The molecule has 3 heteroatoms. The lowest BCUT2D eigenvalue weighted by atomic mass is 10.1. The summed E-state index contributed by atoms with van der Waals surface area (Å²) in [6, 6.07) is 14.3. The van der Waals surface area contributed by atoms with Crippen molar-refractivity contribution in [3.05, 3.63) is 64.7 Å². The van der Waals surface area contributed by atoms with E-state index in [2.05, 4.69) is 38.2 Å². The highest BCUT2D eigenvalue weighted by Crippen LogP contribution is 2.30. The lowest BCUT2D eigenvalue weighted by molar-refractivity contribution is -0.120. The Morgan fingerprint density at radius 3 is 2.27 bits per heavy atom. The largest absolute Gasteiger partial charge is 0.351 e. The summed E-state index contributed by atoms with van der Waals surface area (Å²) in [5, 5.41) is 2.90. The normalized spacial score (nSPS) is 12.0. The first kappa shape index (κ1) is 16.6. The van der Waals surface area contributed by atoms with Crippen LogP contribution in [0.5, 0.6) is 0 Å². The summed E-state index contributed by atoms with van der Waals surface area (Å²) in [6.45, 7) is 8.86. The van der Waals surface area contributed by atoms with Crippen molar-refractivity contribution in [3.63, 3.8) is 0 Å². The van der Waals surface area contributed by atoms with Crippen molar-refractivity contribution in [2.24, 2.45) is 0 Å². The third-order valence-corrected chi connectivity index (χ3v) is 5.03. The summed E-state index contributed by atoms with van der Waals surface area (Å²) in [6.07, 6.45) is 0. The molecule has 0 heterocycles. The second kappa shape index (κ2) is 7.50. The van der Waals surface area contributed by atoms with Crippen molar-refractivity contribution in [1.29, 1.82) is 0 Å². The standard InChI is InChI=1S/C19H23NOS/c1-13-10-14(2)18(15(3)11-13)22-16(4)19(21)20-12-17-8-6-5-7-9-17/h5-11,16H,12H2,1-4H3,(H,20,21). The number of rotatable bonds is 5. The van der Waals surface area contributed by atoms with Crippen LogP contribution in [0.1, 0.15) is 29.2 Å². The molecule has 116 valence electrons. The van der Waals surface area contributed by atoms with Crippen LogP contribution in [0.15, 0.2) is 47.4 Å². The molecule has 0 bridgehead atoms. The highest BCUT2D eigenvalue weighted by atomic mass is 32.2. The highest BCUT2D eigenvalue weighted by molar-refractivity contribution is 8.00. The van der Waals surface area contributed by atoms with Gasteiger partial charge >= 0.3 is 0 Å². The zero-order chi connectivity index (χ0) is 16.1. The van der Waals surface area contributed by atoms with Crippen molar-refractivity contribution in [1.82, 2.24) is 5.32 Å². The van der Waals surface area contributed by atoms with Crippen LogP contribution in [0.2, 0.25) is 0 Å². The lowest BCUT2D eigenvalue weighted by Gasteiger charge is -2.16. The Labute approximate surface area is 137 Å². The van der Waals surface area contributed by atoms with Crippen LogP contribution < -0.4 is 5.32 Å². The van der Waals surface area contributed by atoms with Gasteiger partial charge in [0.25, 0.3) is 0 Å². The molecule has 22 heavy (non-hydrogen) atoms. The van der Waals surface area contributed by atoms with E-state index >= 15 is 0 Å². The molecule has 1 N–H and O–H groups in total. The molecule has 1 atom stereocenters. The monoisotopic (exact) mass is 313 g/mol. The highest BCUT2D eigenvalue weighted by Gasteiger charge is 2.16. The van der Waals surface area contributed by atoms with E-state index in [0.717, 1.165) is 5.56 Å². The molecule has 0 aliphatic rings. The topological polar surface area (TPSA) is 29.1 Å². The number of thioether (sulfide) groups is 1. The molecule has 2 aromatic rings. The van der Waals surface area contributed by atoms with E-state index in [1.807, 2.05) is 37.3 Å². The van der Waals surface area contributed by atoms with Gasteiger partial charge in [0.2, 0.25) is 5.91 Å². The third-order valence-electron chi connectivity index (χ3n) is 3.58. The summed E-state index contributed by atoms with van der Waals surface area (Å²) in [5.41, 5.74) is 4.87. The molecule has 0 saturated carbocycles. The van der Waals surface area contributed by atoms with Gasteiger partial charge in [0.05, 0.1) is 5.25 Å². The summed E-state index contributed by atoms with van der Waals surface area (Å²) in [5.74, 6) is 0.0771. The van der Waals surface area contributed by atoms with Crippen molar-refractivity contribution >= 4 is 17.7 Å². The zero-order valence-electron chi connectivity index (χ0n) is 13.6. The van der Waals surface area contributed by atoms with E-state index in [-0.39, 0.29) is 11.2 Å². The fourth-order valence-electron chi connectivity index (χ4n) is 2.51. The Morgan fingerprint density at radius 2 is 1.68 bits per heavy atom. The van der Waals surface area contributed by atoms with Crippen LogP contribution >= 0.6 is 11.8 Å². The summed E-state index contributed by atoms with van der Waals surface area (Å²) < 4.78 is 0. The zero-order valence-corrected chi connectivity index (χ0v) is 14.5. The number of benzene rings is 2. The smallest absolute Gasteiger partial charge is 0.233 e. The number of aryl methyl sites for hydroxylation is 3. The van der Waals surface area contributed by atoms with Crippen LogP contribution in [-0.2, 0) is 11.3 Å². The average molecular weight is 313 g/mol. The van der Waals surface area contributed by atoms with Gasteiger partial charge < -0.3 is 5.32 Å². The molecule has 0 fully saturated rings. The second-order valence-electron chi connectivity index (χ2n) is 5.69. The summed E-state index contributed by atoms with van der Waals surface area (Å²) in [7, 11) is 0. The van der Waals surface area contributed by atoms with Gasteiger partial charge in [0.1, 0.15) is 0 Å². The molecule has 0 aromatic heterocycles. The Balaban J connectivity index is 1.97. The molecule has 0 spiro atoms. The van der Waals surface area contributed by atoms with Gasteiger partial charge in [0, 0.05) is 11.4 Å². The van der Waals surface area contributed by atoms with Gasteiger partial charge in [0.15, 0.2) is 0 Å². The summed E-state index contributed by atoms with van der Waals surface area (Å²) in [4.78, 5) is 13.5. The molecule has 0 saturated heterocycles. The van der Waals surface area contributed by atoms with Gasteiger partial charge in [-0.15, -0.1) is 11.8 Å². The van der Waals surface area contributed by atoms with Crippen molar-refractivity contribution < 1.29 is 4.79 Å². The minimum atomic E-state index is -0.108. The van der Waals surface area contributed by atoms with Gasteiger partial charge in [-0.1, -0.05) is 48.0 Å². The van der Waals surface area contributed by atoms with E-state index in [1.165, 1.54) is 21.6 Å². The Morgan fingerprint density at radius 1 is 1.09 bits per heavy atom. The van der Waals surface area contributed by atoms with Gasteiger partial charge in [-0.25, -0.2) is 0 Å². The molecule has 0 aliphatic carbocycles. The molecular formula is C19H23NOS. The second-order valence-corrected chi connectivity index (χ2v) is 7.04. The first-order valence-electron chi connectivity index (χ1n) is 7.53. The molecule has 0 radical (unpaired) electrons. The Bertz CT molecular complexity index is 629. The first-order valence-corrected chi connectivity index (χ1v) is 8.41. The predicted molar refractivity (Wildman–Crippen MR) is 94.3 cm³/mol. The number of carbonyl (C=O) groups excluding carboxylic acids is 1. The van der Waals surface area contributed by atoms with E-state index in [4.69, 9.17) is 0 Å². The number of nitrogens with one attached hydrogen (secondary N) is 1. The quantitative estimate of drug-likeness (QED) is 0.829. The third kappa shape index (κ3) is 4.38. The van der Waals surface area contributed by atoms with Crippen LogP contribution in [0.3, 0.4) is 0 Å². The maximum Gasteiger partial charge on any atom is 0.233 e. The maximum absolute atomic E-state index is 12.3. The number of carbonyl (C=O) groups is 1. The van der Waals surface area contributed by atoms with E-state index in [9.17, 15) is 4.79 Å². The number of hydrogen-bond donors (Lipinski definition) is 1. The van der Waals surface area contributed by atoms with Crippen molar-refractivity contribution in [2.45, 2.75) is 44.4 Å². The minimum Gasteiger partial charge on any atom is -0.351 e. The Hall–Kier alpha value is -1.74. The van der Waals surface area contributed by atoms with Crippen molar-refractivity contribution in [2.75, 3.05) is 0 Å². The predicted octanol–water partition coefficient (Wildman–Crippen LogP) is 4.41. The molecular weight excluding hydrogens is 290 g/mol. The van der Waals surface area contributed by atoms with E-state index < -0.39 is 0 Å².